The SMILES string of the molecule is CC1(C)CC1NC(=O)c1cc(Cl)ncc1Cl. The Morgan fingerprint density at radius 3 is 2.75 bits per heavy atom. The molecule has 1 aliphatic rings. The molecular weight excluding hydrogens is 247 g/mol. The Hall–Kier alpha value is -0.800. The summed E-state index contributed by atoms with van der Waals surface area (Å²) in [5.41, 5.74) is 0.572. The van der Waals surface area contributed by atoms with Crippen LogP contribution in [-0.2, 0) is 0 Å². The largest absolute Gasteiger partial charge is 0.349 e. The third-order valence-electron chi connectivity index (χ3n) is 2.89. The van der Waals surface area contributed by atoms with E-state index < -0.39 is 0 Å². The molecule has 1 saturated carbocycles. The predicted octanol–water partition coefficient (Wildman–Crippen LogP) is 2.92. The first kappa shape index (κ1) is 11.7. The van der Waals surface area contributed by atoms with E-state index in [4.69, 9.17) is 23.2 Å². The molecule has 86 valence electrons. The van der Waals surface area contributed by atoms with Crippen molar-refractivity contribution in [2.45, 2.75) is 26.3 Å². The number of carbonyl (C=O) groups excluding carboxylic acids is 1. The molecule has 1 aromatic rings. The highest BCUT2D eigenvalue weighted by atomic mass is 35.5. The van der Waals surface area contributed by atoms with Gasteiger partial charge in [0.25, 0.3) is 5.91 Å². The molecule has 16 heavy (non-hydrogen) atoms. The summed E-state index contributed by atoms with van der Waals surface area (Å²) in [5.74, 6) is -0.190. The zero-order chi connectivity index (χ0) is 11.9. The average Bonchev–Trinajstić information content (AvgIpc) is 2.77. The topological polar surface area (TPSA) is 42.0 Å². The van der Waals surface area contributed by atoms with E-state index >= 15 is 0 Å². The van der Waals surface area contributed by atoms with E-state index in [9.17, 15) is 4.79 Å². The van der Waals surface area contributed by atoms with Crippen LogP contribution >= 0.6 is 23.2 Å². The van der Waals surface area contributed by atoms with Gasteiger partial charge in [0.05, 0.1) is 10.6 Å². The Morgan fingerprint density at radius 1 is 1.56 bits per heavy atom. The van der Waals surface area contributed by atoms with Crippen molar-refractivity contribution in [3.05, 3.63) is 28.0 Å². The van der Waals surface area contributed by atoms with Crippen LogP contribution in [0.2, 0.25) is 10.2 Å². The Bertz CT molecular complexity index is 446. The van der Waals surface area contributed by atoms with Gasteiger partial charge in [-0.05, 0) is 17.9 Å². The van der Waals surface area contributed by atoms with E-state index in [0.29, 0.717) is 10.6 Å². The van der Waals surface area contributed by atoms with Crippen molar-refractivity contribution in [2.75, 3.05) is 0 Å². The normalized spacial score (nSPS) is 21.6. The molecule has 1 heterocycles. The lowest BCUT2D eigenvalue weighted by Gasteiger charge is -2.08. The third-order valence-corrected chi connectivity index (χ3v) is 3.39. The van der Waals surface area contributed by atoms with Crippen LogP contribution in [0.25, 0.3) is 0 Å². The van der Waals surface area contributed by atoms with E-state index in [1.165, 1.54) is 12.3 Å². The van der Waals surface area contributed by atoms with Gasteiger partial charge in [-0.15, -0.1) is 0 Å². The predicted molar refractivity (Wildman–Crippen MR) is 63.9 cm³/mol. The summed E-state index contributed by atoms with van der Waals surface area (Å²) < 4.78 is 0. The van der Waals surface area contributed by atoms with Gasteiger partial charge in [0.1, 0.15) is 5.15 Å². The lowest BCUT2D eigenvalue weighted by molar-refractivity contribution is 0.0946. The summed E-state index contributed by atoms with van der Waals surface area (Å²) in [4.78, 5) is 15.7. The maximum absolute atomic E-state index is 11.9. The van der Waals surface area contributed by atoms with Gasteiger partial charge in [-0.25, -0.2) is 4.98 Å². The molecule has 1 amide bonds. The molecule has 1 N–H and O–H groups in total. The number of hydrogen-bond acceptors (Lipinski definition) is 2. The quantitative estimate of drug-likeness (QED) is 0.830. The summed E-state index contributed by atoms with van der Waals surface area (Å²) in [6, 6.07) is 1.71. The molecule has 1 unspecified atom stereocenters. The average molecular weight is 259 g/mol. The zero-order valence-corrected chi connectivity index (χ0v) is 10.6. The highest BCUT2D eigenvalue weighted by Crippen LogP contribution is 2.44. The molecule has 0 saturated heterocycles. The van der Waals surface area contributed by atoms with Gasteiger partial charge in [0, 0.05) is 12.2 Å². The van der Waals surface area contributed by atoms with E-state index in [1.54, 1.807) is 0 Å². The molecule has 0 spiro atoms. The van der Waals surface area contributed by atoms with Crippen LogP contribution in [0.4, 0.5) is 0 Å². The first-order valence-corrected chi connectivity index (χ1v) is 5.78. The van der Waals surface area contributed by atoms with Crippen molar-refractivity contribution in [2.24, 2.45) is 5.41 Å². The highest BCUT2D eigenvalue weighted by molar-refractivity contribution is 6.35. The van der Waals surface area contributed by atoms with Crippen LogP contribution in [0.15, 0.2) is 12.3 Å². The lowest BCUT2D eigenvalue weighted by Crippen LogP contribution is -2.28. The maximum atomic E-state index is 11.9. The van der Waals surface area contributed by atoms with E-state index in [-0.39, 0.29) is 22.5 Å². The minimum absolute atomic E-state index is 0.190. The minimum atomic E-state index is -0.190. The number of rotatable bonds is 2. The fourth-order valence-corrected chi connectivity index (χ4v) is 1.88. The lowest BCUT2D eigenvalue weighted by atomic mass is 10.2. The van der Waals surface area contributed by atoms with Gasteiger partial charge in [0.15, 0.2) is 0 Å². The van der Waals surface area contributed by atoms with Crippen molar-refractivity contribution in [3.63, 3.8) is 0 Å². The van der Waals surface area contributed by atoms with Gasteiger partial charge < -0.3 is 5.32 Å². The van der Waals surface area contributed by atoms with Gasteiger partial charge in [-0.2, -0.15) is 0 Å². The van der Waals surface area contributed by atoms with Crippen LogP contribution in [-0.4, -0.2) is 16.9 Å². The number of amides is 1. The van der Waals surface area contributed by atoms with Crippen molar-refractivity contribution < 1.29 is 4.79 Å². The Balaban J connectivity index is 2.12. The second-order valence-corrected chi connectivity index (χ2v) is 5.50. The molecule has 1 fully saturated rings. The smallest absolute Gasteiger partial charge is 0.253 e. The van der Waals surface area contributed by atoms with E-state index in [0.717, 1.165) is 6.42 Å². The van der Waals surface area contributed by atoms with Crippen molar-refractivity contribution in [1.29, 1.82) is 0 Å². The van der Waals surface area contributed by atoms with Crippen molar-refractivity contribution in [1.82, 2.24) is 10.3 Å². The Kier molecular flexibility index (Phi) is 2.84. The zero-order valence-electron chi connectivity index (χ0n) is 9.05. The molecule has 0 bridgehead atoms. The Morgan fingerprint density at radius 2 is 2.19 bits per heavy atom. The van der Waals surface area contributed by atoms with Crippen LogP contribution in [0.5, 0.6) is 0 Å². The first-order valence-electron chi connectivity index (χ1n) is 5.02. The molecule has 5 heteroatoms. The van der Waals surface area contributed by atoms with E-state index in [1.807, 2.05) is 0 Å². The molecule has 2 rings (SSSR count). The van der Waals surface area contributed by atoms with Gasteiger partial charge in [0.2, 0.25) is 0 Å². The second-order valence-electron chi connectivity index (χ2n) is 4.71. The summed E-state index contributed by atoms with van der Waals surface area (Å²) in [6.07, 6.45) is 2.38. The number of aromatic nitrogens is 1. The van der Waals surface area contributed by atoms with Gasteiger partial charge in [-0.3, -0.25) is 4.79 Å². The molecular formula is C11H12Cl2N2O. The molecule has 3 nitrogen and oxygen atoms in total. The number of nitrogens with zero attached hydrogens (tertiary/aromatic N) is 1. The van der Waals surface area contributed by atoms with Crippen LogP contribution in [0.3, 0.4) is 0 Å². The molecule has 0 radical (unpaired) electrons. The fourth-order valence-electron chi connectivity index (χ4n) is 1.54. The molecule has 0 aromatic carbocycles. The minimum Gasteiger partial charge on any atom is -0.349 e. The fraction of sp³-hybridized carbons (Fsp3) is 0.455. The van der Waals surface area contributed by atoms with Crippen LogP contribution < -0.4 is 5.32 Å². The number of nitrogens with one attached hydrogen (secondary N) is 1. The summed E-state index contributed by atoms with van der Waals surface area (Å²) >= 11 is 11.6. The van der Waals surface area contributed by atoms with Crippen LogP contribution in [0, 0.1) is 5.41 Å². The summed E-state index contributed by atoms with van der Waals surface area (Å²) in [5, 5.41) is 3.51. The Labute approximate surface area is 104 Å². The standard InChI is InChI=1S/C11H12Cl2N2O/c1-11(2)4-8(11)15-10(16)6-3-9(13)14-5-7(6)12/h3,5,8H,4H2,1-2H3,(H,15,16). The molecule has 1 aromatic heterocycles. The third kappa shape index (κ3) is 2.30. The molecule has 0 aliphatic heterocycles. The number of carbonyl (C=O) groups is 1. The molecule has 1 aliphatic carbocycles. The second kappa shape index (κ2) is 3.90. The van der Waals surface area contributed by atoms with Crippen LogP contribution in [0.1, 0.15) is 30.6 Å². The highest BCUT2D eigenvalue weighted by Gasteiger charge is 2.46. The maximum Gasteiger partial charge on any atom is 0.253 e. The van der Waals surface area contributed by atoms with Crippen molar-refractivity contribution >= 4 is 29.1 Å². The van der Waals surface area contributed by atoms with Crippen molar-refractivity contribution in [3.8, 4) is 0 Å². The summed E-state index contributed by atoms with van der Waals surface area (Å²) in [6.45, 7) is 4.22. The number of pyridine rings is 1. The first-order chi connectivity index (χ1) is 7.40. The molecule has 1 atom stereocenters. The van der Waals surface area contributed by atoms with Gasteiger partial charge >= 0.3 is 0 Å². The van der Waals surface area contributed by atoms with E-state index in [2.05, 4.69) is 24.1 Å². The summed E-state index contributed by atoms with van der Waals surface area (Å²) in [7, 11) is 0. The number of hydrogen-bond donors (Lipinski definition) is 1. The number of halogens is 2. The van der Waals surface area contributed by atoms with Gasteiger partial charge in [-0.1, -0.05) is 37.0 Å². The monoisotopic (exact) mass is 258 g/mol.